The highest BCUT2D eigenvalue weighted by molar-refractivity contribution is 5.51. The number of methoxy groups -OCH3 is 1. The molecule has 2 unspecified atom stereocenters. The molecule has 4 nitrogen and oxygen atoms in total. The zero-order valence-electron chi connectivity index (χ0n) is 12.4. The zero-order valence-corrected chi connectivity index (χ0v) is 12.4. The second-order valence-corrected chi connectivity index (χ2v) is 6.00. The average Bonchev–Trinajstić information content (AvgIpc) is 2.35. The first-order chi connectivity index (χ1) is 8.95. The van der Waals surface area contributed by atoms with Gasteiger partial charge >= 0.3 is 0 Å². The fraction of sp³-hybridized carbons (Fsp3) is 0.667. The number of aromatic nitrogens is 1. The Balaban J connectivity index is 2.08. The lowest BCUT2D eigenvalue weighted by Crippen LogP contribution is -2.57. The second kappa shape index (κ2) is 5.37. The maximum absolute atomic E-state index is 5.78. The smallest absolute Gasteiger partial charge is 0.169 e. The minimum atomic E-state index is 0.112. The van der Waals surface area contributed by atoms with Crippen LogP contribution in [-0.4, -0.2) is 30.3 Å². The topological polar surface area (TPSA) is 43.4 Å². The molecular formula is C15H24N2O2. The van der Waals surface area contributed by atoms with Gasteiger partial charge in [0.15, 0.2) is 11.6 Å². The summed E-state index contributed by atoms with van der Waals surface area (Å²) in [7, 11) is 1.77. The summed E-state index contributed by atoms with van der Waals surface area (Å²) in [5.41, 5.74) is 0.112. The predicted molar refractivity (Wildman–Crippen MR) is 76.6 cm³/mol. The van der Waals surface area contributed by atoms with Crippen molar-refractivity contribution in [1.82, 2.24) is 4.98 Å². The SMILES string of the molecule is COC1CC(Nc2ncccc2OC(C)C)C1(C)C. The van der Waals surface area contributed by atoms with Crippen molar-refractivity contribution in [3.8, 4) is 5.75 Å². The van der Waals surface area contributed by atoms with Crippen molar-refractivity contribution >= 4 is 5.82 Å². The van der Waals surface area contributed by atoms with Crippen LogP contribution in [0.25, 0.3) is 0 Å². The van der Waals surface area contributed by atoms with Crippen molar-refractivity contribution in [1.29, 1.82) is 0 Å². The molecule has 1 fully saturated rings. The Kier molecular flexibility index (Phi) is 3.99. The molecule has 0 saturated heterocycles. The van der Waals surface area contributed by atoms with Crippen LogP contribution in [-0.2, 0) is 4.74 Å². The van der Waals surface area contributed by atoms with Crippen LogP contribution in [0.2, 0.25) is 0 Å². The Morgan fingerprint density at radius 2 is 2.16 bits per heavy atom. The van der Waals surface area contributed by atoms with Gasteiger partial charge in [-0.15, -0.1) is 0 Å². The van der Waals surface area contributed by atoms with E-state index in [4.69, 9.17) is 9.47 Å². The molecule has 0 radical (unpaired) electrons. The highest BCUT2D eigenvalue weighted by atomic mass is 16.5. The number of pyridine rings is 1. The first kappa shape index (κ1) is 14.1. The minimum Gasteiger partial charge on any atom is -0.487 e. The van der Waals surface area contributed by atoms with Gasteiger partial charge in [-0.05, 0) is 32.4 Å². The van der Waals surface area contributed by atoms with E-state index in [0.29, 0.717) is 12.1 Å². The van der Waals surface area contributed by atoms with Gasteiger partial charge in [-0.1, -0.05) is 13.8 Å². The lowest BCUT2D eigenvalue weighted by Gasteiger charge is -2.51. The molecule has 0 aliphatic heterocycles. The van der Waals surface area contributed by atoms with E-state index in [1.807, 2.05) is 26.0 Å². The molecule has 19 heavy (non-hydrogen) atoms. The standard InChI is InChI=1S/C15H24N2O2/c1-10(2)19-11-7-6-8-16-14(11)17-12-9-13(18-5)15(12,3)4/h6-8,10,12-13H,9H2,1-5H3,(H,16,17). The molecule has 1 aliphatic rings. The maximum atomic E-state index is 5.78. The van der Waals surface area contributed by atoms with Crippen LogP contribution in [0, 0.1) is 5.41 Å². The van der Waals surface area contributed by atoms with E-state index in [0.717, 1.165) is 18.0 Å². The lowest BCUT2D eigenvalue weighted by molar-refractivity contribution is -0.0796. The molecule has 1 aromatic heterocycles. The third kappa shape index (κ3) is 2.84. The lowest BCUT2D eigenvalue weighted by atomic mass is 9.64. The number of rotatable bonds is 5. The van der Waals surface area contributed by atoms with Crippen LogP contribution in [0.1, 0.15) is 34.1 Å². The predicted octanol–water partition coefficient (Wildman–Crippen LogP) is 3.09. The van der Waals surface area contributed by atoms with Gasteiger partial charge in [0.1, 0.15) is 0 Å². The van der Waals surface area contributed by atoms with Gasteiger partial charge in [-0.3, -0.25) is 0 Å². The fourth-order valence-electron chi connectivity index (χ4n) is 2.54. The largest absolute Gasteiger partial charge is 0.487 e. The summed E-state index contributed by atoms with van der Waals surface area (Å²) in [5.74, 6) is 1.64. The Labute approximate surface area is 115 Å². The van der Waals surface area contributed by atoms with Crippen LogP contribution in [0.4, 0.5) is 5.82 Å². The van der Waals surface area contributed by atoms with Gasteiger partial charge in [-0.25, -0.2) is 4.98 Å². The van der Waals surface area contributed by atoms with Crippen LogP contribution in [0.15, 0.2) is 18.3 Å². The second-order valence-electron chi connectivity index (χ2n) is 6.00. The van der Waals surface area contributed by atoms with Crippen molar-refractivity contribution < 1.29 is 9.47 Å². The molecule has 2 rings (SSSR count). The van der Waals surface area contributed by atoms with Crippen LogP contribution in [0.5, 0.6) is 5.75 Å². The molecule has 1 N–H and O–H groups in total. The third-order valence-electron chi connectivity index (χ3n) is 3.91. The van der Waals surface area contributed by atoms with E-state index in [9.17, 15) is 0 Å². The van der Waals surface area contributed by atoms with Gasteiger partial charge in [0, 0.05) is 24.8 Å². The third-order valence-corrected chi connectivity index (χ3v) is 3.91. The number of nitrogens with one attached hydrogen (secondary N) is 1. The van der Waals surface area contributed by atoms with E-state index >= 15 is 0 Å². The summed E-state index contributed by atoms with van der Waals surface area (Å²) in [6.07, 6.45) is 3.24. The van der Waals surface area contributed by atoms with E-state index in [1.54, 1.807) is 13.3 Å². The Hall–Kier alpha value is -1.29. The van der Waals surface area contributed by atoms with Crippen molar-refractivity contribution in [3.05, 3.63) is 18.3 Å². The van der Waals surface area contributed by atoms with Gasteiger partial charge in [0.25, 0.3) is 0 Å². The number of anilines is 1. The molecule has 1 aliphatic carbocycles. The van der Waals surface area contributed by atoms with Crippen LogP contribution < -0.4 is 10.1 Å². The number of hydrogen-bond donors (Lipinski definition) is 1. The molecule has 4 heteroatoms. The van der Waals surface area contributed by atoms with Crippen LogP contribution in [0.3, 0.4) is 0 Å². The van der Waals surface area contributed by atoms with E-state index in [1.165, 1.54) is 0 Å². The molecule has 106 valence electrons. The normalized spacial score (nSPS) is 24.9. The molecule has 1 saturated carbocycles. The number of ether oxygens (including phenoxy) is 2. The van der Waals surface area contributed by atoms with Gasteiger partial charge in [0.2, 0.25) is 0 Å². The maximum Gasteiger partial charge on any atom is 0.169 e. The van der Waals surface area contributed by atoms with E-state index in [-0.39, 0.29) is 11.5 Å². The average molecular weight is 264 g/mol. The first-order valence-electron chi connectivity index (χ1n) is 6.86. The van der Waals surface area contributed by atoms with E-state index < -0.39 is 0 Å². The summed E-state index contributed by atoms with van der Waals surface area (Å²) < 4.78 is 11.3. The quantitative estimate of drug-likeness (QED) is 0.887. The van der Waals surface area contributed by atoms with Gasteiger partial charge in [0.05, 0.1) is 12.2 Å². The summed E-state index contributed by atoms with van der Waals surface area (Å²) >= 11 is 0. The van der Waals surface area contributed by atoms with Crippen molar-refractivity contribution in [2.45, 2.75) is 52.4 Å². The number of hydrogen-bond acceptors (Lipinski definition) is 4. The van der Waals surface area contributed by atoms with Crippen molar-refractivity contribution in [2.24, 2.45) is 5.41 Å². The van der Waals surface area contributed by atoms with Gasteiger partial charge in [-0.2, -0.15) is 0 Å². The summed E-state index contributed by atoms with van der Waals surface area (Å²) in [5, 5.41) is 3.49. The highest BCUT2D eigenvalue weighted by Gasteiger charge is 2.48. The summed E-state index contributed by atoms with van der Waals surface area (Å²) in [6.45, 7) is 8.47. The summed E-state index contributed by atoms with van der Waals surface area (Å²) in [4.78, 5) is 4.39. The Bertz CT molecular complexity index is 432. The zero-order chi connectivity index (χ0) is 14.0. The first-order valence-corrected chi connectivity index (χ1v) is 6.86. The molecule has 0 amide bonds. The van der Waals surface area contributed by atoms with Gasteiger partial charge < -0.3 is 14.8 Å². The molecule has 2 atom stereocenters. The highest BCUT2D eigenvalue weighted by Crippen LogP contribution is 2.44. The Morgan fingerprint density at radius 3 is 2.74 bits per heavy atom. The van der Waals surface area contributed by atoms with Crippen LogP contribution >= 0.6 is 0 Å². The molecule has 0 aromatic carbocycles. The number of nitrogens with zero attached hydrogens (tertiary/aromatic N) is 1. The molecular weight excluding hydrogens is 240 g/mol. The molecule has 1 aromatic rings. The van der Waals surface area contributed by atoms with Crippen molar-refractivity contribution in [3.63, 3.8) is 0 Å². The monoisotopic (exact) mass is 264 g/mol. The molecule has 1 heterocycles. The molecule has 0 bridgehead atoms. The fourth-order valence-corrected chi connectivity index (χ4v) is 2.54. The Morgan fingerprint density at radius 1 is 1.42 bits per heavy atom. The minimum absolute atomic E-state index is 0.112. The van der Waals surface area contributed by atoms with Crippen molar-refractivity contribution in [2.75, 3.05) is 12.4 Å². The summed E-state index contributed by atoms with van der Waals surface area (Å²) in [6, 6.07) is 4.21. The van der Waals surface area contributed by atoms with E-state index in [2.05, 4.69) is 24.1 Å². The molecule has 0 spiro atoms.